The van der Waals surface area contributed by atoms with Gasteiger partial charge < -0.3 is 18.8 Å². The first-order valence-corrected chi connectivity index (χ1v) is 7.23. The Hall–Kier alpha value is -2.01. The van der Waals surface area contributed by atoms with Gasteiger partial charge in [-0.1, -0.05) is 0 Å². The van der Waals surface area contributed by atoms with Gasteiger partial charge in [-0.05, 0) is 38.0 Å². The van der Waals surface area contributed by atoms with Gasteiger partial charge in [0.25, 0.3) is 5.91 Å². The Morgan fingerprint density at radius 1 is 1.43 bits per heavy atom. The van der Waals surface area contributed by atoms with E-state index in [4.69, 9.17) is 8.83 Å². The zero-order chi connectivity index (χ0) is 14.8. The molecule has 3 rings (SSSR count). The molecule has 112 valence electrons. The molecule has 0 saturated carbocycles. The van der Waals surface area contributed by atoms with Crippen LogP contribution < -0.4 is 0 Å². The Labute approximate surface area is 123 Å². The smallest absolute Gasteiger partial charge is 0.257 e. The summed E-state index contributed by atoms with van der Waals surface area (Å²) in [5, 5.41) is 10.2. The molecule has 2 aromatic heterocycles. The van der Waals surface area contributed by atoms with Crippen molar-refractivity contribution in [1.29, 1.82) is 0 Å². The van der Waals surface area contributed by atoms with Crippen LogP contribution in [0.2, 0.25) is 0 Å². The van der Waals surface area contributed by atoms with E-state index in [2.05, 4.69) is 0 Å². The minimum absolute atomic E-state index is 0.0182. The van der Waals surface area contributed by atoms with Crippen molar-refractivity contribution in [3.63, 3.8) is 0 Å². The van der Waals surface area contributed by atoms with Crippen molar-refractivity contribution < 1.29 is 18.7 Å². The molecule has 5 heteroatoms. The molecule has 0 spiro atoms. The number of amides is 1. The highest BCUT2D eigenvalue weighted by Gasteiger charge is 2.32. The average molecular weight is 289 g/mol. The fraction of sp³-hybridized carbons (Fsp3) is 0.438. The Morgan fingerprint density at radius 3 is 2.95 bits per heavy atom. The Kier molecular flexibility index (Phi) is 3.84. The van der Waals surface area contributed by atoms with Crippen LogP contribution in [-0.4, -0.2) is 28.5 Å². The number of nitrogens with zero attached hydrogens (tertiary/aromatic N) is 1. The van der Waals surface area contributed by atoms with Crippen LogP contribution in [0.25, 0.3) is 0 Å². The van der Waals surface area contributed by atoms with E-state index in [1.54, 1.807) is 31.4 Å². The topological polar surface area (TPSA) is 66.8 Å². The number of furan rings is 2. The molecule has 0 aromatic carbocycles. The lowest BCUT2D eigenvalue weighted by Crippen LogP contribution is -2.36. The van der Waals surface area contributed by atoms with Gasteiger partial charge in [0.05, 0.1) is 18.1 Å². The Morgan fingerprint density at radius 2 is 2.29 bits per heavy atom. The summed E-state index contributed by atoms with van der Waals surface area (Å²) in [5.41, 5.74) is 0.606. The monoisotopic (exact) mass is 289 g/mol. The molecule has 0 radical (unpaired) electrons. The Balaban J connectivity index is 1.71. The molecule has 0 bridgehead atoms. The van der Waals surface area contributed by atoms with E-state index >= 15 is 0 Å². The maximum absolute atomic E-state index is 12.6. The van der Waals surface area contributed by atoms with Crippen molar-refractivity contribution in [3.8, 4) is 0 Å². The highest BCUT2D eigenvalue weighted by atomic mass is 16.4. The third-order valence-corrected chi connectivity index (χ3v) is 4.09. The minimum Gasteiger partial charge on any atom is -0.469 e. The fourth-order valence-electron chi connectivity index (χ4n) is 2.96. The van der Waals surface area contributed by atoms with E-state index in [1.165, 1.54) is 6.26 Å². The first-order valence-electron chi connectivity index (χ1n) is 7.23. The van der Waals surface area contributed by atoms with Crippen LogP contribution in [0.4, 0.5) is 0 Å². The van der Waals surface area contributed by atoms with Crippen molar-refractivity contribution in [2.24, 2.45) is 0 Å². The van der Waals surface area contributed by atoms with Gasteiger partial charge in [0.15, 0.2) is 0 Å². The molecule has 1 aliphatic heterocycles. The predicted octanol–water partition coefficient (Wildman–Crippen LogP) is 2.91. The molecule has 2 unspecified atom stereocenters. The summed E-state index contributed by atoms with van der Waals surface area (Å²) in [4.78, 5) is 14.4. The van der Waals surface area contributed by atoms with E-state index in [1.807, 2.05) is 4.90 Å². The summed E-state index contributed by atoms with van der Waals surface area (Å²) in [7, 11) is 0. The minimum atomic E-state index is -0.677. The van der Waals surface area contributed by atoms with E-state index < -0.39 is 6.10 Å². The molecule has 0 aliphatic carbocycles. The second-order valence-corrected chi connectivity index (χ2v) is 5.45. The molecular weight excluding hydrogens is 270 g/mol. The first-order chi connectivity index (χ1) is 10.2. The molecule has 1 aliphatic rings. The maximum atomic E-state index is 12.6. The molecule has 2 aromatic rings. The average Bonchev–Trinajstić information content (AvgIpc) is 3.19. The van der Waals surface area contributed by atoms with Gasteiger partial charge in [-0.15, -0.1) is 0 Å². The number of carbonyl (C=O) groups is 1. The van der Waals surface area contributed by atoms with Crippen LogP contribution in [0.5, 0.6) is 0 Å². The number of aliphatic hydroxyl groups is 1. The lowest BCUT2D eigenvalue weighted by Gasteiger charge is -2.26. The molecule has 5 nitrogen and oxygen atoms in total. The second-order valence-electron chi connectivity index (χ2n) is 5.45. The van der Waals surface area contributed by atoms with Crippen molar-refractivity contribution in [2.75, 3.05) is 6.54 Å². The molecule has 1 amide bonds. The molecular formula is C16H19NO4. The summed E-state index contributed by atoms with van der Waals surface area (Å²) < 4.78 is 10.4. The number of rotatable bonds is 4. The summed E-state index contributed by atoms with van der Waals surface area (Å²) >= 11 is 0. The Bertz CT molecular complexity index is 602. The number of aliphatic hydroxyl groups excluding tert-OH is 1. The number of hydrogen-bond donors (Lipinski definition) is 1. The summed E-state index contributed by atoms with van der Waals surface area (Å²) in [6.07, 6.45) is 4.76. The summed E-state index contributed by atoms with van der Waals surface area (Å²) in [5.74, 6) is 1.17. The molecule has 3 heterocycles. The van der Waals surface area contributed by atoms with Crippen LogP contribution in [0.3, 0.4) is 0 Å². The third kappa shape index (κ3) is 2.74. The van der Waals surface area contributed by atoms with Crippen LogP contribution in [0, 0.1) is 6.92 Å². The molecule has 1 saturated heterocycles. The maximum Gasteiger partial charge on any atom is 0.257 e. The quantitative estimate of drug-likeness (QED) is 0.939. The second kappa shape index (κ2) is 5.77. The lowest BCUT2D eigenvalue weighted by atomic mass is 10.0. The molecule has 21 heavy (non-hydrogen) atoms. The fourth-order valence-corrected chi connectivity index (χ4v) is 2.96. The zero-order valence-electron chi connectivity index (χ0n) is 12.0. The number of hydrogen-bond acceptors (Lipinski definition) is 4. The highest BCUT2D eigenvalue weighted by Crippen LogP contribution is 2.29. The largest absolute Gasteiger partial charge is 0.469 e. The highest BCUT2D eigenvalue weighted by molar-refractivity contribution is 5.95. The van der Waals surface area contributed by atoms with E-state index in [-0.39, 0.29) is 11.9 Å². The van der Waals surface area contributed by atoms with Gasteiger partial charge in [-0.2, -0.15) is 0 Å². The van der Waals surface area contributed by atoms with Crippen LogP contribution in [0.15, 0.2) is 39.6 Å². The predicted molar refractivity (Wildman–Crippen MR) is 75.8 cm³/mol. The SMILES string of the molecule is Cc1occc1C(=O)N1CCCC1CC(O)c1ccco1. The third-order valence-electron chi connectivity index (χ3n) is 4.09. The van der Waals surface area contributed by atoms with Gasteiger partial charge in [-0.3, -0.25) is 4.79 Å². The van der Waals surface area contributed by atoms with E-state index in [9.17, 15) is 9.90 Å². The summed E-state index contributed by atoms with van der Waals surface area (Å²) in [6.45, 7) is 2.51. The summed E-state index contributed by atoms with van der Waals surface area (Å²) in [6, 6.07) is 5.25. The molecule has 1 fully saturated rings. The molecule has 1 N–H and O–H groups in total. The lowest BCUT2D eigenvalue weighted by molar-refractivity contribution is 0.0640. The van der Waals surface area contributed by atoms with E-state index in [0.717, 1.165) is 19.4 Å². The van der Waals surface area contributed by atoms with Gasteiger partial charge >= 0.3 is 0 Å². The van der Waals surface area contributed by atoms with Gasteiger partial charge in [0.2, 0.25) is 0 Å². The van der Waals surface area contributed by atoms with E-state index in [0.29, 0.717) is 23.5 Å². The standard InChI is InChI=1S/C16H19NO4/c1-11-13(6-9-20-11)16(19)17-7-2-4-12(17)10-14(18)15-5-3-8-21-15/h3,5-6,8-9,12,14,18H,2,4,7,10H2,1H3. The van der Waals surface area contributed by atoms with Gasteiger partial charge in [0.1, 0.15) is 17.6 Å². The van der Waals surface area contributed by atoms with Gasteiger partial charge in [-0.25, -0.2) is 0 Å². The van der Waals surface area contributed by atoms with Crippen molar-refractivity contribution in [1.82, 2.24) is 4.90 Å². The van der Waals surface area contributed by atoms with Gasteiger partial charge in [0, 0.05) is 19.0 Å². The molecule has 2 atom stereocenters. The van der Waals surface area contributed by atoms with Crippen LogP contribution in [-0.2, 0) is 0 Å². The van der Waals surface area contributed by atoms with Crippen molar-refractivity contribution in [2.45, 2.75) is 38.3 Å². The van der Waals surface area contributed by atoms with Crippen LogP contribution >= 0.6 is 0 Å². The number of likely N-dealkylation sites (tertiary alicyclic amines) is 1. The normalized spacial score (nSPS) is 19.9. The van der Waals surface area contributed by atoms with Crippen molar-refractivity contribution >= 4 is 5.91 Å². The number of aryl methyl sites for hydroxylation is 1. The zero-order valence-corrected chi connectivity index (χ0v) is 12.0. The van der Waals surface area contributed by atoms with Crippen molar-refractivity contribution in [3.05, 3.63) is 47.8 Å². The number of carbonyl (C=O) groups excluding carboxylic acids is 1. The first kappa shape index (κ1) is 13.9. The van der Waals surface area contributed by atoms with Crippen LogP contribution in [0.1, 0.15) is 47.2 Å².